The van der Waals surface area contributed by atoms with Gasteiger partial charge in [-0.15, -0.1) is 0 Å². The standard InChI is InChI=1S/C12H13ClN2O4/c1-19-7-4-10(12(17)18)15(6-7)11(16)8-2-3-14-5-9(8)13/h2-3,5,7,10H,4,6H2,1H3,(H,17,18). The SMILES string of the molecule is COC1CC(C(=O)O)N(C(=O)c2ccncc2Cl)C1. The zero-order valence-electron chi connectivity index (χ0n) is 10.2. The molecule has 19 heavy (non-hydrogen) atoms. The summed E-state index contributed by atoms with van der Waals surface area (Å²) in [5.74, 6) is -1.46. The van der Waals surface area contributed by atoms with E-state index in [4.69, 9.17) is 21.4 Å². The van der Waals surface area contributed by atoms with Gasteiger partial charge in [0.2, 0.25) is 0 Å². The fourth-order valence-electron chi connectivity index (χ4n) is 2.13. The van der Waals surface area contributed by atoms with Crippen LogP contribution in [0.25, 0.3) is 0 Å². The molecule has 1 fully saturated rings. The second-order valence-electron chi connectivity index (χ2n) is 4.26. The van der Waals surface area contributed by atoms with E-state index >= 15 is 0 Å². The average molecular weight is 285 g/mol. The fourth-order valence-corrected chi connectivity index (χ4v) is 2.33. The maximum Gasteiger partial charge on any atom is 0.326 e. The van der Waals surface area contributed by atoms with Crippen molar-refractivity contribution >= 4 is 23.5 Å². The Balaban J connectivity index is 2.27. The van der Waals surface area contributed by atoms with Crippen LogP contribution in [0.5, 0.6) is 0 Å². The van der Waals surface area contributed by atoms with Crippen molar-refractivity contribution in [2.45, 2.75) is 18.6 Å². The number of nitrogens with zero attached hydrogens (tertiary/aromatic N) is 2. The molecule has 6 nitrogen and oxygen atoms in total. The minimum Gasteiger partial charge on any atom is -0.480 e. The number of rotatable bonds is 3. The Kier molecular flexibility index (Phi) is 4.01. The number of pyridine rings is 1. The molecule has 2 heterocycles. The average Bonchev–Trinajstić information content (AvgIpc) is 2.83. The zero-order chi connectivity index (χ0) is 14.0. The summed E-state index contributed by atoms with van der Waals surface area (Å²) in [6, 6.07) is 0.589. The van der Waals surface area contributed by atoms with Crippen molar-refractivity contribution < 1.29 is 19.4 Å². The molecule has 2 atom stereocenters. The molecular weight excluding hydrogens is 272 g/mol. The van der Waals surface area contributed by atoms with E-state index in [0.717, 1.165) is 0 Å². The molecule has 2 rings (SSSR count). The molecule has 1 amide bonds. The number of ether oxygens (including phenoxy) is 1. The van der Waals surface area contributed by atoms with Crippen molar-refractivity contribution in [2.75, 3.05) is 13.7 Å². The maximum absolute atomic E-state index is 12.3. The highest BCUT2D eigenvalue weighted by molar-refractivity contribution is 6.33. The van der Waals surface area contributed by atoms with Crippen molar-refractivity contribution in [3.05, 3.63) is 29.0 Å². The van der Waals surface area contributed by atoms with Gasteiger partial charge in [-0.1, -0.05) is 11.6 Å². The van der Waals surface area contributed by atoms with Gasteiger partial charge in [0.15, 0.2) is 0 Å². The van der Waals surface area contributed by atoms with Gasteiger partial charge in [-0.25, -0.2) is 4.79 Å². The van der Waals surface area contributed by atoms with Crippen molar-refractivity contribution in [3.63, 3.8) is 0 Å². The van der Waals surface area contributed by atoms with Crippen LogP contribution in [0.1, 0.15) is 16.8 Å². The van der Waals surface area contributed by atoms with Crippen LogP contribution in [0.2, 0.25) is 5.02 Å². The summed E-state index contributed by atoms with van der Waals surface area (Å²) in [5.41, 5.74) is 0.250. The molecule has 1 N–H and O–H groups in total. The van der Waals surface area contributed by atoms with Crippen LogP contribution < -0.4 is 0 Å². The lowest BCUT2D eigenvalue weighted by molar-refractivity contribution is -0.141. The van der Waals surface area contributed by atoms with E-state index in [9.17, 15) is 9.59 Å². The lowest BCUT2D eigenvalue weighted by atomic mass is 10.2. The minimum atomic E-state index is -1.04. The second kappa shape index (κ2) is 5.54. The van der Waals surface area contributed by atoms with Gasteiger partial charge in [0.25, 0.3) is 5.91 Å². The van der Waals surface area contributed by atoms with E-state index in [2.05, 4.69) is 4.98 Å². The van der Waals surface area contributed by atoms with Crippen LogP contribution in [-0.2, 0) is 9.53 Å². The molecule has 2 unspecified atom stereocenters. The van der Waals surface area contributed by atoms with E-state index in [1.165, 1.54) is 30.5 Å². The van der Waals surface area contributed by atoms with Gasteiger partial charge in [0.1, 0.15) is 6.04 Å². The summed E-state index contributed by atoms with van der Waals surface area (Å²) in [6.07, 6.45) is 2.80. The number of carboxylic acids is 1. The number of carbonyl (C=O) groups is 2. The number of likely N-dealkylation sites (tertiary alicyclic amines) is 1. The van der Waals surface area contributed by atoms with Crippen LogP contribution in [0, 0.1) is 0 Å². The topological polar surface area (TPSA) is 79.7 Å². The molecule has 7 heteroatoms. The van der Waals surface area contributed by atoms with E-state index in [-0.39, 0.29) is 29.7 Å². The molecule has 0 bridgehead atoms. The van der Waals surface area contributed by atoms with Crippen molar-refractivity contribution in [1.82, 2.24) is 9.88 Å². The second-order valence-corrected chi connectivity index (χ2v) is 4.67. The zero-order valence-corrected chi connectivity index (χ0v) is 11.0. The summed E-state index contributed by atoms with van der Waals surface area (Å²) >= 11 is 5.91. The predicted octanol–water partition coefficient (Wildman–Crippen LogP) is 1.05. The van der Waals surface area contributed by atoms with E-state index in [0.29, 0.717) is 0 Å². The third kappa shape index (κ3) is 2.69. The third-order valence-corrected chi connectivity index (χ3v) is 3.45. The summed E-state index contributed by atoms with van der Waals surface area (Å²) in [7, 11) is 1.50. The number of aromatic nitrogens is 1. The van der Waals surface area contributed by atoms with E-state index < -0.39 is 17.9 Å². The first-order chi connectivity index (χ1) is 9.04. The molecule has 1 saturated heterocycles. The van der Waals surface area contributed by atoms with Crippen LogP contribution in [-0.4, -0.2) is 52.7 Å². The van der Waals surface area contributed by atoms with Crippen LogP contribution in [0.3, 0.4) is 0 Å². The summed E-state index contributed by atoms with van der Waals surface area (Å²) in [6.45, 7) is 0.241. The van der Waals surface area contributed by atoms with Crippen LogP contribution in [0.15, 0.2) is 18.5 Å². The Hall–Kier alpha value is -1.66. The Morgan fingerprint density at radius 2 is 2.32 bits per heavy atom. The number of aliphatic carboxylic acids is 1. The maximum atomic E-state index is 12.3. The number of methoxy groups -OCH3 is 1. The molecule has 0 spiro atoms. The Bertz CT molecular complexity index is 508. The van der Waals surface area contributed by atoms with Gasteiger partial charge < -0.3 is 14.7 Å². The van der Waals surface area contributed by atoms with Gasteiger partial charge in [-0.3, -0.25) is 9.78 Å². The Labute approximate surface area is 114 Å². The molecule has 0 saturated carbocycles. The van der Waals surface area contributed by atoms with Crippen molar-refractivity contribution in [1.29, 1.82) is 0 Å². The number of hydrogen-bond acceptors (Lipinski definition) is 4. The third-order valence-electron chi connectivity index (χ3n) is 3.14. The smallest absolute Gasteiger partial charge is 0.326 e. The monoisotopic (exact) mass is 284 g/mol. The summed E-state index contributed by atoms with van der Waals surface area (Å²) in [5, 5.41) is 9.37. The molecule has 102 valence electrons. The number of hydrogen-bond donors (Lipinski definition) is 1. The van der Waals surface area contributed by atoms with Gasteiger partial charge >= 0.3 is 5.97 Å². The number of carbonyl (C=O) groups excluding carboxylic acids is 1. The number of amides is 1. The largest absolute Gasteiger partial charge is 0.480 e. The molecule has 1 aromatic heterocycles. The highest BCUT2D eigenvalue weighted by atomic mass is 35.5. The molecular formula is C12H13ClN2O4. The van der Waals surface area contributed by atoms with Gasteiger partial charge in [0, 0.05) is 32.5 Å². The first-order valence-corrected chi connectivity index (χ1v) is 6.08. The quantitative estimate of drug-likeness (QED) is 0.897. The summed E-state index contributed by atoms with van der Waals surface area (Å²) < 4.78 is 5.14. The van der Waals surface area contributed by atoms with Gasteiger partial charge in [-0.2, -0.15) is 0 Å². The predicted molar refractivity (Wildman–Crippen MR) is 67.1 cm³/mol. The van der Waals surface area contributed by atoms with E-state index in [1.54, 1.807) is 0 Å². The van der Waals surface area contributed by atoms with Crippen LogP contribution in [0.4, 0.5) is 0 Å². The van der Waals surface area contributed by atoms with Gasteiger partial charge in [-0.05, 0) is 6.07 Å². The first-order valence-electron chi connectivity index (χ1n) is 5.70. The van der Waals surface area contributed by atoms with Crippen molar-refractivity contribution in [2.24, 2.45) is 0 Å². The fraction of sp³-hybridized carbons (Fsp3) is 0.417. The van der Waals surface area contributed by atoms with Crippen LogP contribution >= 0.6 is 11.6 Å². The van der Waals surface area contributed by atoms with Crippen molar-refractivity contribution in [3.8, 4) is 0 Å². The highest BCUT2D eigenvalue weighted by Crippen LogP contribution is 2.25. The first kappa shape index (κ1) is 13.8. The molecule has 0 aromatic carbocycles. The molecule has 0 radical (unpaired) electrons. The highest BCUT2D eigenvalue weighted by Gasteiger charge is 2.40. The molecule has 1 aliphatic rings. The van der Waals surface area contributed by atoms with Gasteiger partial charge in [0.05, 0.1) is 16.7 Å². The number of halogens is 1. The molecule has 1 aliphatic heterocycles. The number of carboxylic acid groups (broad SMARTS) is 1. The summed E-state index contributed by atoms with van der Waals surface area (Å²) in [4.78, 5) is 28.6. The minimum absolute atomic E-state index is 0.206. The normalized spacial score (nSPS) is 22.5. The Morgan fingerprint density at radius 3 is 2.89 bits per heavy atom. The Morgan fingerprint density at radius 1 is 1.58 bits per heavy atom. The van der Waals surface area contributed by atoms with E-state index in [1.807, 2.05) is 0 Å². The lowest BCUT2D eigenvalue weighted by Crippen LogP contribution is -2.40. The molecule has 0 aliphatic carbocycles. The molecule has 1 aromatic rings. The lowest BCUT2D eigenvalue weighted by Gasteiger charge is -2.21.